The van der Waals surface area contributed by atoms with Gasteiger partial charge in [0, 0.05) is 56.5 Å². The molecule has 4 unspecified atom stereocenters. The molecule has 0 spiro atoms. The SMILES string of the molecule is C1CCOC1.COc1ccc(C(C)C2(O)CCCCC2)cc1.COc1ccc(C(CN(C)C)C2(O)CCCCC2)cc1.COc1ccc(C(CN(C)C)C2(O)CCCCC2)cc1.COc1ccc(C(CN)C2(O)CCCCC2)cc1.Cl.N.[AlH2][Cl]. The molecule has 9 N–H and O–H groups in total. The van der Waals surface area contributed by atoms with Gasteiger partial charge in [-0.1, -0.05) is 133 Å². The Morgan fingerprint density at radius 1 is 0.429 bits per heavy atom. The molecule has 0 aromatic heterocycles. The molecule has 4 aromatic carbocycles. The second-order valence-electron chi connectivity index (χ2n) is 24.2. The summed E-state index contributed by atoms with van der Waals surface area (Å²) in [5, 5.41) is 43.7. The lowest BCUT2D eigenvalue weighted by molar-refractivity contribution is -0.0280. The number of hydrogen-bond donors (Lipinski definition) is 6. The Labute approximate surface area is 526 Å². The Hall–Kier alpha value is -3.17. The minimum absolute atomic E-state index is 0. The van der Waals surface area contributed by atoms with Crippen LogP contribution in [0.5, 0.6) is 23.0 Å². The Balaban J connectivity index is 0.000000365. The van der Waals surface area contributed by atoms with Crippen LogP contribution in [0.1, 0.15) is 194 Å². The number of rotatable bonds is 17. The molecular weight excluding hydrogens is 1110 g/mol. The van der Waals surface area contributed by atoms with E-state index in [1.54, 1.807) is 28.4 Å². The zero-order valence-electron chi connectivity index (χ0n) is 53.4. The highest BCUT2D eigenvalue weighted by Crippen LogP contribution is 2.44. The third kappa shape index (κ3) is 24.4. The van der Waals surface area contributed by atoms with E-state index in [0.717, 1.165) is 173 Å². The lowest BCUT2D eigenvalue weighted by atomic mass is 9.72. The van der Waals surface area contributed by atoms with Crippen LogP contribution >= 0.6 is 22.5 Å². The van der Waals surface area contributed by atoms with Crippen molar-refractivity contribution in [1.29, 1.82) is 0 Å². The number of benzene rings is 4. The number of nitrogens with two attached hydrogens (primary N) is 1. The minimum Gasteiger partial charge on any atom is -0.497 e. The number of aliphatic hydroxyl groups is 4. The van der Waals surface area contributed by atoms with Crippen molar-refractivity contribution in [3.63, 3.8) is 0 Å². The van der Waals surface area contributed by atoms with E-state index < -0.39 is 22.4 Å². The first-order valence-corrected chi connectivity index (χ1v) is 33.9. The Bertz CT molecular complexity index is 2180. The van der Waals surface area contributed by atoms with Crippen LogP contribution in [0.3, 0.4) is 0 Å². The lowest BCUT2D eigenvalue weighted by Gasteiger charge is -2.40. The predicted octanol–water partition coefficient (Wildman–Crippen LogP) is 13.2. The van der Waals surface area contributed by atoms with Crippen molar-refractivity contribution in [2.75, 3.05) is 89.5 Å². The van der Waals surface area contributed by atoms with Gasteiger partial charge in [-0.15, -0.1) is 12.4 Å². The van der Waals surface area contributed by atoms with Crippen molar-refractivity contribution >= 4 is 37.8 Å². The van der Waals surface area contributed by atoms with Crippen LogP contribution in [0.15, 0.2) is 97.1 Å². The van der Waals surface area contributed by atoms with E-state index >= 15 is 0 Å². The van der Waals surface area contributed by atoms with E-state index in [1.807, 2.05) is 60.7 Å². The van der Waals surface area contributed by atoms with Crippen molar-refractivity contribution < 1.29 is 44.1 Å². The quantitative estimate of drug-likeness (QED) is 0.0547. The molecule has 1 saturated heterocycles. The first-order valence-electron chi connectivity index (χ1n) is 30.9. The van der Waals surface area contributed by atoms with Gasteiger partial charge in [0.05, 0.1) is 50.8 Å². The van der Waals surface area contributed by atoms with E-state index in [2.05, 4.69) is 81.3 Å². The van der Waals surface area contributed by atoms with Crippen molar-refractivity contribution in [2.24, 2.45) is 5.73 Å². The maximum Gasteiger partial charge on any atom is 0.353 e. The molecule has 0 amide bonds. The van der Waals surface area contributed by atoms with Gasteiger partial charge < -0.3 is 65.8 Å². The smallest absolute Gasteiger partial charge is 0.353 e. The molecule has 0 bridgehead atoms. The zero-order valence-corrected chi connectivity index (χ0v) is 57.0. The number of nitrogens with zero attached hydrogens (tertiary/aromatic N) is 2. The fourth-order valence-corrected chi connectivity index (χ4v) is 12.9. The summed E-state index contributed by atoms with van der Waals surface area (Å²) in [5.41, 5.74) is 8.39. The molecule has 4 saturated carbocycles. The number of likely N-dealkylation sites (N-methyl/N-ethyl adjacent to an activating group) is 2. The molecule has 0 radical (unpaired) electrons. The van der Waals surface area contributed by atoms with Gasteiger partial charge in [0.15, 0.2) is 0 Å². The summed E-state index contributed by atoms with van der Waals surface area (Å²) in [4.78, 5) is 4.34. The summed E-state index contributed by atoms with van der Waals surface area (Å²) in [7, 11) is 19.8. The molecule has 1 aliphatic heterocycles. The molecule has 4 atom stereocenters. The molecule has 5 fully saturated rings. The highest BCUT2D eigenvalue weighted by molar-refractivity contribution is 6.80. The van der Waals surface area contributed by atoms with Crippen LogP contribution in [0, 0.1) is 0 Å². The van der Waals surface area contributed by atoms with E-state index in [-0.39, 0.29) is 42.2 Å². The van der Waals surface area contributed by atoms with Gasteiger partial charge in [-0.25, -0.2) is 0 Å². The van der Waals surface area contributed by atoms with Crippen LogP contribution in [-0.4, -0.2) is 157 Å². The fraction of sp³-hybridized carbons (Fsp3) is 0.647. The number of methoxy groups -OCH3 is 4. The van der Waals surface area contributed by atoms with Crippen LogP contribution in [0.25, 0.3) is 0 Å². The van der Waals surface area contributed by atoms with E-state index in [1.165, 1.54) is 55.2 Å². The van der Waals surface area contributed by atoms with Gasteiger partial charge in [-0.05, 0) is 163 Å². The molecule has 4 aromatic rings. The third-order valence-electron chi connectivity index (χ3n) is 18.0. The van der Waals surface area contributed by atoms with E-state index in [9.17, 15) is 20.4 Å². The zero-order chi connectivity index (χ0) is 60.0. The maximum atomic E-state index is 11.1. The first kappa shape index (κ1) is 76.9. The average molecular weight is 1230 g/mol. The van der Waals surface area contributed by atoms with Crippen LogP contribution < -0.4 is 30.8 Å². The Morgan fingerprint density at radius 2 is 0.667 bits per heavy atom. The second-order valence-corrected chi connectivity index (χ2v) is 24.2. The van der Waals surface area contributed by atoms with Gasteiger partial charge in [0.25, 0.3) is 0 Å². The van der Waals surface area contributed by atoms with Gasteiger partial charge in [0.1, 0.15) is 23.0 Å². The number of ether oxygens (including phenoxy) is 5. The molecule has 13 nitrogen and oxygen atoms in total. The second kappa shape index (κ2) is 40.4. The molecule has 84 heavy (non-hydrogen) atoms. The highest BCUT2D eigenvalue weighted by Gasteiger charge is 2.41. The first-order chi connectivity index (χ1) is 39.4. The minimum atomic E-state index is -0.623. The summed E-state index contributed by atoms with van der Waals surface area (Å²) >= 11 is 0.778. The topological polar surface area (TPSA) is 195 Å². The molecule has 9 rings (SSSR count). The monoisotopic (exact) mass is 1230 g/mol. The summed E-state index contributed by atoms with van der Waals surface area (Å²) < 4.78 is 25.7. The predicted molar refractivity (Wildman–Crippen MR) is 354 cm³/mol. The summed E-state index contributed by atoms with van der Waals surface area (Å²) in [5.74, 6) is 4.02. The fourth-order valence-electron chi connectivity index (χ4n) is 12.9. The van der Waals surface area contributed by atoms with E-state index in [0.29, 0.717) is 6.54 Å². The summed E-state index contributed by atoms with van der Waals surface area (Å²) in [6.45, 7) is 6.38. The normalized spacial score (nSPS) is 19.5. The largest absolute Gasteiger partial charge is 0.497 e. The lowest BCUT2D eigenvalue weighted by Crippen LogP contribution is -2.42. The van der Waals surface area contributed by atoms with Crippen LogP contribution in [-0.2, 0) is 4.74 Å². The van der Waals surface area contributed by atoms with Gasteiger partial charge in [0.2, 0.25) is 0 Å². The number of hydrogen-bond acceptors (Lipinski definition) is 13. The van der Waals surface area contributed by atoms with Crippen molar-refractivity contribution in [2.45, 2.75) is 194 Å². The van der Waals surface area contributed by atoms with E-state index in [4.69, 9.17) is 39.5 Å². The van der Waals surface area contributed by atoms with Crippen LogP contribution in [0.2, 0.25) is 0 Å². The molecular formula is C68H113AlCl2N4O9. The van der Waals surface area contributed by atoms with Crippen molar-refractivity contribution in [1.82, 2.24) is 16.0 Å². The van der Waals surface area contributed by atoms with Gasteiger partial charge in [-0.2, -0.15) is 0 Å². The van der Waals surface area contributed by atoms with Gasteiger partial charge >= 0.3 is 15.4 Å². The molecule has 4 aliphatic carbocycles. The highest BCUT2D eigenvalue weighted by atomic mass is 35.6. The number of halogens is 2. The molecule has 1 heterocycles. The van der Waals surface area contributed by atoms with Crippen molar-refractivity contribution in [3.8, 4) is 23.0 Å². The summed E-state index contributed by atoms with van der Waals surface area (Å²) in [6.07, 6.45) is 23.8. The van der Waals surface area contributed by atoms with Gasteiger partial charge in [-0.3, -0.25) is 10.0 Å². The molecule has 16 heteroatoms. The molecule has 5 aliphatic rings. The standard InChI is InChI=1S/2C17H27NO2.C15H23NO2.C15H22O2.C4H8O.Al.2ClH.H3N.2H/c2*1-18(2)13-16(17(19)11-5-4-6-12-17)14-7-9-15(20-3)10-8-14;1-18-13-7-5-12(6-8-13)14(11-16)15(17)9-3-2-4-10-15;1-12(15(16)10-4-3-5-11-15)13-6-8-14(17-2)9-7-13;1-2-4-5-3-1;;;;;;/h2*7-10,16,19H,4-6,11-13H2,1-3H3;5-8,14,17H,2-4,9-11,16H2,1H3;6-9,12,16H,3-5,10-11H2,1-2H3;1-4H2;;2*1H;1H3;;/q;;;;;+1;;;;;/p-1. The third-order valence-corrected chi connectivity index (χ3v) is 18.0. The molecule has 476 valence electrons. The van der Waals surface area contributed by atoms with Crippen LogP contribution in [0.4, 0.5) is 0 Å². The Kier molecular flexibility index (Phi) is 37.0. The van der Waals surface area contributed by atoms with Crippen molar-refractivity contribution in [3.05, 3.63) is 119 Å². The maximum absolute atomic E-state index is 11.1. The average Bonchev–Trinajstić information content (AvgIpc) is 4.21. The Morgan fingerprint density at radius 3 is 0.893 bits per heavy atom. The summed E-state index contributed by atoms with van der Waals surface area (Å²) in [6, 6.07) is 32.3.